The van der Waals surface area contributed by atoms with Crippen LogP contribution in [-0.2, 0) is 11.2 Å². The average Bonchev–Trinajstić information content (AvgIpc) is 2.62. The maximum Gasteiger partial charge on any atom is 0.255 e. The lowest BCUT2D eigenvalue weighted by molar-refractivity contribution is -0.121. The number of carbonyl (C=O) groups is 2. The minimum Gasteiger partial charge on any atom is -0.322 e. The van der Waals surface area contributed by atoms with Crippen LogP contribution in [-0.4, -0.2) is 18.4 Å². The number of nitrogens with zero attached hydrogens (tertiary/aromatic N) is 1. The fraction of sp³-hybridized carbons (Fsp3) is 0.300. The molecule has 0 atom stereocenters. The van der Waals surface area contributed by atoms with Gasteiger partial charge in [-0.1, -0.05) is 13.8 Å². The van der Waals surface area contributed by atoms with Gasteiger partial charge >= 0.3 is 0 Å². The molecule has 6 heteroatoms. The maximum atomic E-state index is 13.3. The Balaban J connectivity index is 1.81. The van der Waals surface area contributed by atoms with E-state index in [1.165, 1.54) is 6.07 Å². The van der Waals surface area contributed by atoms with E-state index in [4.69, 9.17) is 0 Å². The molecule has 4 nitrogen and oxygen atoms in total. The summed E-state index contributed by atoms with van der Waals surface area (Å²) in [5, 5.41) is 2.69. The molecule has 136 valence electrons. The van der Waals surface area contributed by atoms with E-state index in [1.807, 2.05) is 26.0 Å². The third-order valence-electron chi connectivity index (χ3n) is 4.40. The molecule has 2 aromatic carbocycles. The SMILES string of the molecule is CC(C)C(=O)N1CCCc2cc(NC(=O)c3ccc(F)c(F)c3)ccc21. The number of benzene rings is 2. The number of halogens is 2. The number of hydrogen-bond donors (Lipinski definition) is 1. The first-order valence-corrected chi connectivity index (χ1v) is 8.57. The zero-order valence-corrected chi connectivity index (χ0v) is 14.7. The normalized spacial score (nSPS) is 13.5. The minimum atomic E-state index is -1.06. The van der Waals surface area contributed by atoms with E-state index in [-0.39, 0.29) is 17.4 Å². The largest absolute Gasteiger partial charge is 0.322 e. The van der Waals surface area contributed by atoms with Gasteiger partial charge in [0.15, 0.2) is 11.6 Å². The van der Waals surface area contributed by atoms with Gasteiger partial charge in [-0.25, -0.2) is 8.78 Å². The summed E-state index contributed by atoms with van der Waals surface area (Å²) in [6.07, 6.45) is 1.66. The molecular weight excluding hydrogens is 338 g/mol. The van der Waals surface area contributed by atoms with E-state index < -0.39 is 17.5 Å². The van der Waals surface area contributed by atoms with E-state index in [9.17, 15) is 18.4 Å². The van der Waals surface area contributed by atoms with Crippen LogP contribution >= 0.6 is 0 Å². The zero-order valence-electron chi connectivity index (χ0n) is 14.7. The van der Waals surface area contributed by atoms with Gasteiger partial charge in [0.25, 0.3) is 5.91 Å². The molecule has 2 amide bonds. The predicted octanol–water partition coefficient (Wildman–Crippen LogP) is 4.15. The molecule has 26 heavy (non-hydrogen) atoms. The van der Waals surface area contributed by atoms with Gasteiger partial charge in [-0.3, -0.25) is 9.59 Å². The van der Waals surface area contributed by atoms with Gasteiger partial charge in [0.1, 0.15) is 0 Å². The topological polar surface area (TPSA) is 49.4 Å². The Morgan fingerprint density at radius 2 is 1.85 bits per heavy atom. The second kappa shape index (κ2) is 7.23. The summed E-state index contributed by atoms with van der Waals surface area (Å²) in [4.78, 5) is 26.4. The highest BCUT2D eigenvalue weighted by Crippen LogP contribution is 2.31. The summed E-state index contributed by atoms with van der Waals surface area (Å²) < 4.78 is 26.3. The van der Waals surface area contributed by atoms with Gasteiger partial charge in [-0.2, -0.15) is 0 Å². The van der Waals surface area contributed by atoms with Crippen LogP contribution in [0.25, 0.3) is 0 Å². The van der Waals surface area contributed by atoms with Crippen LogP contribution < -0.4 is 10.2 Å². The predicted molar refractivity (Wildman–Crippen MR) is 96.3 cm³/mol. The van der Waals surface area contributed by atoms with Crippen molar-refractivity contribution in [3.05, 3.63) is 59.2 Å². The van der Waals surface area contributed by atoms with E-state index in [0.29, 0.717) is 12.2 Å². The van der Waals surface area contributed by atoms with Gasteiger partial charge in [-0.05, 0) is 54.8 Å². The van der Waals surface area contributed by atoms with Crippen molar-refractivity contribution >= 4 is 23.2 Å². The van der Waals surface area contributed by atoms with E-state index in [2.05, 4.69) is 5.32 Å². The highest BCUT2D eigenvalue weighted by molar-refractivity contribution is 6.04. The van der Waals surface area contributed by atoms with E-state index in [1.54, 1.807) is 11.0 Å². The van der Waals surface area contributed by atoms with Crippen molar-refractivity contribution in [1.29, 1.82) is 0 Å². The summed E-state index contributed by atoms with van der Waals surface area (Å²) in [7, 11) is 0. The first-order chi connectivity index (χ1) is 12.4. The van der Waals surface area contributed by atoms with Crippen LogP contribution in [0, 0.1) is 17.6 Å². The lowest BCUT2D eigenvalue weighted by Crippen LogP contribution is -2.38. The lowest BCUT2D eigenvalue weighted by atomic mass is 9.99. The third kappa shape index (κ3) is 3.59. The monoisotopic (exact) mass is 358 g/mol. The first-order valence-electron chi connectivity index (χ1n) is 8.57. The van der Waals surface area contributed by atoms with Gasteiger partial charge in [-0.15, -0.1) is 0 Å². The van der Waals surface area contributed by atoms with Gasteiger partial charge in [0.05, 0.1) is 0 Å². The van der Waals surface area contributed by atoms with Crippen molar-refractivity contribution in [3.8, 4) is 0 Å². The van der Waals surface area contributed by atoms with Gasteiger partial charge < -0.3 is 10.2 Å². The molecule has 0 unspecified atom stereocenters. The Hall–Kier alpha value is -2.76. The molecule has 1 N–H and O–H groups in total. The Labute approximate surface area is 150 Å². The number of hydrogen-bond acceptors (Lipinski definition) is 2. The van der Waals surface area contributed by atoms with Crippen LogP contribution in [0.15, 0.2) is 36.4 Å². The molecule has 1 heterocycles. The molecule has 0 spiro atoms. The molecule has 3 rings (SSSR count). The maximum absolute atomic E-state index is 13.3. The molecule has 1 aliphatic rings. The quantitative estimate of drug-likeness (QED) is 0.896. The Kier molecular flexibility index (Phi) is 5.02. The molecule has 2 aromatic rings. The number of aryl methyl sites for hydroxylation is 1. The second-order valence-electron chi connectivity index (χ2n) is 6.67. The van der Waals surface area contributed by atoms with Crippen molar-refractivity contribution in [2.24, 2.45) is 5.92 Å². The minimum absolute atomic E-state index is 0.0400. The van der Waals surface area contributed by atoms with Crippen molar-refractivity contribution in [2.45, 2.75) is 26.7 Å². The number of amides is 2. The zero-order chi connectivity index (χ0) is 18.8. The van der Waals surface area contributed by atoms with Crippen LogP contribution in [0.3, 0.4) is 0 Å². The molecule has 0 aliphatic carbocycles. The van der Waals surface area contributed by atoms with Crippen molar-refractivity contribution < 1.29 is 18.4 Å². The van der Waals surface area contributed by atoms with Gasteiger partial charge in [0, 0.05) is 29.4 Å². The summed E-state index contributed by atoms with van der Waals surface area (Å²) in [5.41, 5.74) is 2.43. The van der Waals surface area contributed by atoms with Gasteiger partial charge in [0.2, 0.25) is 5.91 Å². The molecule has 0 fully saturated rings. The molecule has 0 saturated carbocycles. The Morgan fingerprint density at radius 1 is 1.08 bits per heavy atom. The molecule has 1 aliphatic heterocycles. The first kappa shape index (κ1) is 18.0. The number of rotatable bonds is 3. The number of fused-ring (bicyclic) bond motifs is 1. The number of anilines is 2. The number of nitrogens with one attached hydrogen (secondary N) is 1. The van der Waals surface area contributed by atoms with E-state index in [0.717, 1.165) is 36.2 Å². The summed E-state index contributed by atoms with van der Waals surface area (Å²) in [5.74, 6) is -2.59. The van der Waals surface area contributed by atoms with Crippen molar-refractivity contribution in [1.82, 2.24) is 0 Å². The van der Waals surface area contributed by atoms with Crippen LogP contribution in [0.1, 0.15) is 36.2 Å². The summed E-state index contributed by atoms with van der Waals surface area (Å²) >= 11 is 0. The summed E-state index contributed by atoms with van der Waals surface area (Å²) in [6.45, 7) is 4.42. The lowest BCUT2D eigenvalue weighted by Gasteiger charge is -2.31. The highest BCUT2D eigenvalue weighted by atomic mass is 19.2. The Morgan fingerprint density at radius 3 is 2.54 bits per heavy atom. The van der Waals surface area contributed by atoms with Crippen molar-refractivity contribution in [3.63, 3.8) is 0 Å². The van der Waals surface area contributed by atoms with Crippen LogP contribution in [0.2, 0.25) is 0 Å². The summed E-state index contributed by atoms with van der Waals surface area (Å²) in [6, 6.07) is 8.37. The van der Waals surface area contributed by atoms with E-state index >= 15 is 0 Å². The second-order valence-corrected chi connectivity index (χ2v) is 6.67. The molecule has 0 saturated heterocycles. The number of carbonyl (C=O) groups excluding carboxylic acids is 2. The van der Waals surface area contributed by atoms with Crippen molar-refractivity contribution in [2.75, 3.05) is 16.8 Å². The molecular formula is C20H20F2N2O2. The van der Waals surface area contributed by atoms with Crippen LogP contribution in [0.4, 0.5) is 20.2 Å². The average molecular weight is 358 g/mol. The fourth-order valence-corrected chi connectivity index (χ4v) is 3.06. The fourth-order valence-electron chi connectivity index (χ4n) is 3.06. The molecule has 0 aromatic heterocycles. The Bertz CT molecular complexity index is 865. The standard InChI is InChI=1S/C20H20F2N2O2/c1-12(2)20(26)24-9-3-4-13-10-15(6-8-18(13)24)23-19(25)14-5-7-16(21)17(22)11-14/h5-8,10-12H,3-4,9H2,1-2H3,(H,23,25). The highest BCUT2D eigenvalue weighted by Gasteiger charge is 2.24. The smallest absolute Gasteiger partial charge is 0.255 e. The molecule has 0 radical (unpaired) electrons. The van der Waals surface area contributed by atoms with Crippen LogP contribution in [0.5, 0.6) is 0 Å². The third-order valence-corrected chi connectivity index (χ3v) is 4.40. The molecule has 0 bridgehead atoms.